The van der Waals surface area contributed by atoms with Crippen LogP contribution in [0.2, 0.25) is 5.02 Å². The summed E-state index contributed by atoms with van der Waals surface area (Å²) < 4.78 is 27.0. The van der Waals surface area contributed by atoms with Crippen molar-refractivity contribution in [2.24, 2.45) is 4.99 Å². The van der Waals surface area contributed by atoms with Crippen LogP contribution in [0.5, 0.6) is 0 Å². The molecule has 0 saturated carbocycles. The molecule has 0 N–H and O–H groups in total. The Labute approximate surface area is 194 Å². The number of benzene rings is 1. The Morgan fingerprint density at radius 1 is 1.19 bits per heavy atom. The summed E-state index contributed by atoms with van der Waals surface area (Å²) in [6, 6.07) is 6.90. The molecule has 0 spiro atoms. The number of aliphatic imine (C=N–C) groups is 1. The standard InChI is InChI=1S/C23H23ClF2N4OS/c1-12-13(2)32-23-20(12)21(15-7-9-16(24)10-8-15)27-18(22-29-28-14(3)30(22)23)11-17(31)5-4-6-19(25)26/h7-10,18-19H,4-6,11H2,1-3H3/t18-/m0/s1. The van der Waals surface area contributed by atoms with E-state index in [1.54, 1.807) is 11.3 Å². The molecule has 0 unspecified atom stereocenters. The Bertz CT molecular complexity index is 1180. The largest absolute Gasteiger partial charge is 0.300 e. The van der Waals surface area contributed by atoms with Gasteiger partial charge in [-0.05, 0) is 44.9 Å². The summed E-state index contributed by atoms with van der Waals surface area (Å²) in [5, 5.41) is 10.2. The number of aromatic nitrogens is 3. The van der Waals surface area contributed by atoms with Gasteiger partial charge in [0.05, 0.1) is 5.71 Å². The zero-order valence-electron chi connectivity index (χ0n) is 18.0. The fourth-order valence-electron chi connectivity index (χ4n) is 3.90. The van der Waals surface area contributed by atoms with Crippen LogP contribution in [0.3, 0.4) is 0 Å². The van der Waals surface area contributed by atoms with Gasteiger partial charge in [-0.1, -0.05) is 23.7 Å². The van der Waals surface area contributed by atoms with Gasteiger partial charge in [-0.15, -0.1) is 21.5 Å². The lowest BCUT2D eigenvalue weighted by molar-refractivity contribution is -0.119. The third kappa shape index (κ3) is 4.38. The lowest BCUT2D eigenvalue weighted by atomic mass is 9.99. The van der Waals surface area contributed by atoms with Crippen molar-refractivity contribution in [3.8, 4) is 5.00 Å². The average Bonchev–Trinajstić information content (AvgIpc) is 3.21. The normalized spacial score (nSPS) is 15.3. The van der Waals surface area contributed by atoms with E-state index in [0.717, 1.165) is 32.3 Å². The van der Waals surface area contributed by atoms with E-state index < -0.39 is 12.5 Å². The summed E-state index contributed by atoms with van der Waals surface area (Å²) in [5.74, 6) is 1.20. The minimum Gasteiger partial charge on any atom is -0.300 e. The first-order chi connectivity index (χ1) is 15.3. The van der Waals surface area contributed by atoms with E-state index in [2.05, 4.69) is 24.0 Å². The molecule has 3 aromatic rings. The van der Waals surface area contributed by atoms with E-state index >= 15 is 0 Å². The molecule has 0 aliphatic carbocycles. The van der Waals surface area contributed by atoms with Crippen LogP contribution in [-0.2, 0) is 4.79 Å². The number of carbonyl (C=O) groups is 1. The van der Waals surface area contributed by atoms with Crippen LogP contribution in [0.25, 0.3) is 5.00 Å². The van der Waals surface area contributed by atoms with Crippen LogP contribution in [0.15, 0.2) is 29.3 Å². The van der Waals surface area contributed by atoms with E-state index in [4.69, 9.17) is 16.6 Å². The zero-order chi connectivity index (χ0) is 23.0. The number of hydrogen-bond acceptors (Lipinski definition) is 5. The van der Waals surface area contributed by atoms with Crippen molar-refractivity contribution in [3.63, 3.8) is 0 Å². The van der Waals surface area contributed by atoms with Crippen molar-refractivity contribution in [1.82, 2.24) is 14.8 Å². The van der Waals surface area contributed by atoms with E-state index in [-0.39, 0.29) is 31.5 Å². The Morgan fingerprint density at radius 3 is 2.59 bits per heavy atom. The van der Waals surface area contributed by atoms with Crippen molar-refractivity contribution in [1.29, 1.82) is 0 Å². The lowest BCUT2D eigenvalue weighted by Crippen LogP contribution is -2.11. The molecule has 4 rings (SSSR count). The minimum atomic E-state index is -2.40. The summed E-state index contributed by atoms with van der Waals surface area (Å²) >= 11 is 7.74. The van der Waals surface area contributed by atoms with Crippen LogP contribution >= 0.6 is 22.9 Å². The molecular weight excluding hydrogens is 454 g/mol. The smallest absolute Gasteiger partial charge is 0.238 e. The maximum atomic E-state index is 12.7. The molecule has 32 heavy (non-hydrogen) atoms. The van der Waals surface area contributed by atoms with Crippen molar-refractivity contribution < 1.29 is 13.6 Å². The highest BCUT2D eigenvalue weighted by atomic mass is 35.5. The van der Waals surface area contributed by atoms with E-state index in [0.29, 0.717) is 16.7 Å². The van der Waals surface area contributed by atoms with E-state index in [1.807, 2.05) is 35.8 Å². The number of rotatable bonds is 7. The molecule has 9 heteroatoms. The first-order valence-electron chi connectivity index (χ1n) is 10.4. The van der Waals surface area contributed by atoms with E-state index in [9.17, 15) is 13.6 Å². The quantitative estimate of drug-likeness (QED) is 0.408. The van der Waals surface area contributed by atoms with Crippen LogP contribution in [0, 0.1) is 20.8 Å². The Kier molecular flexibility index (Phi) is 6.53. The van der Waals surface area contributed by atoms with Gasteiger partial charge in [0.2, 0.25) is 6.43 Å². The van der Waals surface area contributed by atoms with Gasteiger partial charge in [0.15, 0.2) is 5.82 Å². The van der Waals surface area contributed by atoms with E-state index in [1.165, 1.54) is 0 Å². The predicted molar refractivity (Wildman–Crippen MR) is 123 cm³/mol. The van der Waals surface area contributed by atoms with Gasteiger partial charge in [-0.2, -0.15) is 0 Å². The number of nitrogens with zero attached hydrogens (tertiary/aromatic N) is 4. The monoisotopic (exact) mass is 476 g/mol. The Balaban J connectivity index is 1.81. The number of alkyl halides is 2. The zero-order valence-corrected chi connectivity index (χ0v) is 19.6. The number of aryl methyl sites for hydroxylation is 2. The third-order valence-electron chi connectivity index (χ3n) is 5.66. The maximum absolute atomic E-state index is 12.7. The SMILES string of the molecule is Cc1sc2c(c1C)C(c1ccc(Cl)cc1)=N[C@@H](CC(=O)CCCC(F)F)c1nnc(C)n1-2. The molecule has 5 nitrogen and oxygen atoms in total. The van der Waals surface area contributed by atoms with Gasteiger partial charge in [-0.3, -0.25) is 14.4 Å². The first-order valence-corrected chi connectivity index (χ1v) is 11.6. The van der Waals surface area contributed by atoms with Crippen LogP contribution < -0.4 is 0 Å². The molecule has 2 aromatic heterocycles. The number of fused-ring (bicyclic) bond motifs is 3. The molecule has 3 heterocycles. The van der Waals surface area contributed by atoms with Gasteiger partial charge in [0.1, 0.15) is 22.7 Å². The molecule has 168 valence electrons. The van der Waals surface area contributed by atoms with Gasteiger partial charge in [-0.25, -0.2) is 8.78 Å². The van der Waals surface area contributed by atoms with Crippen molar-refractivity contribution in [2.45, 2.75) is 58.9 Å². The van der Waals surface area contributed by atoms with Crippen LogP contribution in [0.1, 0.15) is 64.9 Å². The van der Waals surface area contributed by atoms with Gasteiger partial charge >= 0.3 is 0 Å². The molecule has 1 aromatic carbocycles. The molecule has 0 bridgehead atoms. The highest BCUT2D eigenvalue weighted by Crippen LogP contribution is 2.39. The van der Waals surface area contributed by atoms with Crippen molar-refractivity contribution >= 4 is 34.4 Å². The summed E-state index contributed by atoms with van der Waals surface area (Å²) in [4.78, 5) is 18.8. The topological polar surface area (TPSA) is 60.1 Å². The predicted octanol–water partition coefficient (Wildman–Crippen LogP) is 6.19. The van der Waals surface area contributed by atoms with Crippen molar-refractivity contribution in [2.75, 3.05) is 0 Å². The van der Waals surface area contributed by atoms with Crippen LogP contribution in [0.4, 0.5) is 8.78 Å². The summed E-state index contributed by atoms with van der Waals surface area (Å²) in [6.45, 7) is 6.00. The first kappa shape index (κ1) is 22.7. The van der Waals surface area contributed by atoms with Gasteiger partial charge in [0, 0.05) is 40.3 Å². The number of Topliss-reactive ketones (excluding diaryl/α,β-unsaturated/α-hetero) is 1. The summed E-state index contributed by atoms with van der Waals surface area (Å²) in [7, 11) is 0. The molecule has 1 aliphatic heterocycles. The molecule has 1 aliphatic rings. The second kappa shape index (κ2) is 9.19. The molecular formula is C23H23ClF2N4OS. The third-order valence-corrected chi connectivity index (χ3v) is 7.10. The fourth-order valence-corrected chi connectivity index (χ4v) is 5.24. The Morgan fingerprint density at radius 2 is 1.91 bits per heavy atom. The second-order valence-electron chi connectivity index (χ2n) is 7.93. The highest BCUT2D eigenvalue weighted by molar-refractivity contribution is 7.15. The lowest BCUT2D eigenvalue weighted by Gasteiger charge is -2.12. The fraction of sp³-hybridized carbons (Fsp3) is 0.391. The average molecular weight is 477 g/mol. The number of carbonyl (C=O) groups excluding carboxylic acids is 1. The number of halogens is 3. The van der Waals surface area contributed by atoms with Crippen molar-refractivity contribution in [3.05, 3.63) is 62.5 Å². The highest BCUT2D eigenvalue weighted by Gasteiger charge is 2.32. The van der Waals surface area contributed by atoms with Crippen LogP contribution in [-0.4, -0.2) is 32.7 Å². The van der Waals surface area contributed by atoms with Gasteiger partial charge < -0.3 is 0 Å². The number of hydrogen-bond donors (Lipinski definition) is 0. The summed E-state index contributed by atoms with van der Waals surface area (Å²) in [5.41, 5.74) is 3.77. The molecule has 0 radical (unpaired) electrons. The number of ketones is 1. The summed E-state index contributed by atoms with van der Waals surface area (Å²) in [6.07, 6.45) is -2.33. The molecule has 0 amide bonds. The minimum absolute atomic E-state index is 0.0887. The molecule has 1 atom stereocenters. The maximum Gasteiger partial charge on any atom is 0.238 e. The number of thiophene rings is 1. The van der Waals surface area contributed by atoms with Gasteiger partial charge in [0.25, 0.3) is 0 Å². The Hall–Kier alpha value is -2.45. The molecule has 0 saturated heterocycles. The second-order valence-corrected chi connectivity index (χ2v) is 9.57. The molecule has 0 fully saturated rings.